The predicted molar refractivity (Wildman–Crippen MR) is 95.2 cm³/mol. The molecule has 0 bridgehead atoms. The highest BCUT2D eigenvalue weighted by Gasteiger charge is 2.21. The number of thiophene rings is 1. The summed E-state index contributed by atoms with van der Waals surface area (Å²) in [6.45, 7) is 5.39. The van der Waals surface area contributed by atoms with Crippen molar-refractivity contribution in [2.75, 3.05) is 10.0 Å². The first kappa shape index (κ1) is 19.2. The average molecular weight is 386 g/mol. The van der Waals surface area contributed by atoms with Gasteiger partial charge in [-0.2, -0.15) is 0 Å². The fourth-order valence-corrected chi connectivity index (χ4v) is 3.33. The Morgan fingerprint density at radius 3 is 2.44 bits per heavy atom. The van der Waals surface area contributed by atoms with E-state index < -0.39 is 28.6 Å². The zero-order valence-corrected chi connectivity index (χ0v) is 15.3. The number of carbonyl (C=O) groups excluding carboxylic acids is 1. The van der Waals surface area contributed by atoms with Crippen molar-refractivity contribution < 1.29 is 23.5 Å². The smallest absolute Gasteiger partial charge is 0.338 e. The highest BCUT2D eigenvalue weighted by Crippen LogP contribution is 2.33. The molecule has 0 atom stereocenters. The van der Waals surface area contributed by atoms with E-state index in [4.69, 9.17) is 5.11 Å². The normalized spacial score (nSPS) is 11.2. The van der Waals surface area contributed by atoms with Crippen molar-refractivity contribution >= 4 is 45.8 Å². The Hall–Kier alpha value is -2.13. The molecule has 0 fully saturated rings. The highest BCUT2D eigenvalue weighted by atomic mass is 32.2. The van der Waals surface area contributed by atoms with Crippen molar-refractivity contribution in [2.24, 2.45) is 5.41 Å². The zero-order valence-electron chi connectivity index (χ0n) is 13.6. The summed E-state index contributed by atoms with van der Waals surface area (Å²) in [5.74, 6) is -3.56. The predicted octanol–water partition coefficient (Wildman–Crippen LogP) is 4.83. The summed E-state index contributed by atoms with van der Waals surface area (Å²) < 4.78 is 30.8. The molecule has 1 amide bonds. The third-order valence-electron chi connectivity index (χ3n) is 3.05. The van der Waals surface area contributed by atoms with Gasteiger partial charge in [0.15, 0.2) is 0 Å². The summed E-state index contributed by atoms with van der Waals surface area (Å²) in [7, 11) is 0. The third-order valence-corrected chi connectivity index (χ3v) is 5.00. The molecule has 5 nitrogen and oxygen atoms in total. The number of benzene rings is 1. The van der Waals surface area contributed by atoms with Crippen molar-refractivity contribution in [1.82, 2.24) is 0 Å². The van der Waals surface area contributed by atoms with Gasteiger partial charge in [-0.1, -0.05) is 20.8 Å². The number of carboxylic acids is 1. The van der Waals surface area contributed by atoms with E-state index in [0.29, 0.717) is 15.3 Å². The first-order valence-corrected chi connectivity index (χ1v) is 8.77. The lowest BCUT2D eigenvalue weighted by Crippen LogP contribution is -2.27. The van der Waals surface area contributed by atoms with Crippen LogP contribution in [-0.2, 0) is 4.79 Å². The van der Waals surface area contributed by atoms with Gasteiger partial charge in [-0.3, -0.25) is 4.79 Å². The van der Waals surface area contributed by atoms with Gasteiger partial charge in [0.05, 0.1) is 20.5 Å². The number of rotatable bonds is 5. The lowest BCUT2D eigenvalue weighted by atomic mass is 9.96. The van der Waals surface area contributed by atoms with Crippen LogP contribution in [0.15, 0.2) is 28.5 Å². The van der Waals surface area contributed by atoms with Crippen LogP contribution in [-0.4, -0.2) is 17.0 Å². The van der Waals surface area contributed by atoms with E-state index in [2.05, 4.69) is 10.0 Å². The molecule has 2 rings (SSSR count). The molecule has 0 unspecified atom stereocenters. The summed E-state index contributed by atoms with van der Waals surface area (Å²) in [4.78, 5) is 22.7. The van der Waals surface area contributed by atoms with Gasteiger partial charge in [-0.05, 0) is 30.1 Å². The summed E-state index contributed by atoms with van der Waals surface area (Å²) >= 11 is 2.30. The first-order valence-electron chi connectivity index (χ1n) is 7.14. The molecule has 134 valence electrons. The van der Waals surface area contributed by atoms with Gasteiger partial charge >= 0.3 is 5.97 Å². The van der Waals surface area contributed by atoms with Gasteiger partial charge in [0.25, 0.3) is 0 Å². The standard InChI is InChI=1S/C16H16F2N2O3S2/c1-16(2,3)15(23)19-12-4-5-13(24-12)25-20-11-7-9(17)8(14(21)22)6-10(11)18/h4-7,20H,1-3H3,(H,19,23)(H,21,22). The Morgan fingerprint density at radius 1 is 1.16 bits per heavy atom. The van der Waals surface area contributed by atoms with Crippen LogP contribution in [0.3, 0.4) is 0 Å². The molecule has 0 spiro atoms. The second-order valence-corrected chi connectivity index (χ2v) is 8.33. The van der Waals surface area contributed by atoms with Gasteiger partial charge < -0.3 is 15.1 Å². The number of carbonyl (C=O) groups is 2. The van der Waals surface area contributed by atoms with Crippen LogP contribution in [0.4, 0.5) is 19.5 Å². The number of aromatic carboxylic acids is 1. The summed E-state index contributed by atoms with van der Waals surface area (Å²) in [5.41, 5.74) is -1.42. The third kappa shape index (κ3) is 4.93. The van der Waals surface area contributed by atoms with Crippen LogP contribution in [0.25, 0.3) is 0 Å². The molecule has 25 heavy (non-hydrogen) atoms. The van der Waals surface area contributed by atoms with E-state index in [1.807, 2.05) is 0 Å². The Balaban J connectivity index is 2.04. The van der Waals surface area contributed by atoms with Crippen LogP contribution >= 0.6 is 23.3 Å². The average Bonchev–Trinajstić information content (AvgIpc) is 2.94. The van der Waals surface area contributed by atoms with E-state index in [9.17, 15) is 18.4 Å². The minimum Gasteiger partial charge on any atom is -0.478 e. The first-order chi connectivity index (χ1) is 11.6. The number of hydrogen-bond acceptors (Lipinski definition) is 5. The lowest BCUT2D eigenvalue weighted by molar-refractivity contribution is -0.123. The molecule has 1 heterocycles. The molecule has 3 N–H and O–H groups in total. The van der Waals surface area contributed by atoms with E-state index in [1.54, 1.807) is 32.9 Å². The van der Waals surface area contributed by atoms with Gasteiger partial charge in [0.1, 0.15) is 11.6 Å². The summed E-state index contributed by atoms with van der Waals surface area (Å²) in [6, 6.07) is 4.86. The molecule has 0 saturated heterocycles. The maximum Gasteiger partial charge on any atom is 0.338 e. The van der Waals surface area contributed by atoms with Gasteiger partial charge in [0, 0.05) is 11.5 Å². The Morgan fingerprint density at radius 2 is 1.84 bits per heavy atom. The molecule has 0 radical (unpaired) electrons. The number of halogens is 2. The molecule has 0 aliphatic carbocycles. The van der Waals surface area contributed by atoms with Crippen LogP contribution in [0.5, 0.6) is 0 Å². The Labute approximate surface area is 151 Å². The SMILES string of the molecule is CC(C)(C)C(=O)Nc1ccc(SNc2cc(F)c(C(=O)O)cc2F)s1. The topological polar surface area (TPSA) is 78.4 Å². The van der Waals surface area contributed by atoms with Crippen LogP contribution in [0, 0.1) is 17.0 Å². The van der Waals surface area contributed by atoms with Crippen LogP contribution < -0.4 is 10.0 Å². The highest BCUT2D eigenvalue weighted by molar-refractivity contribution is 8.02. The van der Waals surface area contributed by atoms with E-state index >= 15 is 0 Å². The monoisotopic (exact) mass is 386 g/mol. The number of anilines is 2. The quantitative estimate of drug-likeness (QED) is 0.642. The van der Waals surface area contributed by atoms with E-state index in [1.165, 1.54) is 11.3 Å². The van der Waals surface area contributed by atoms with Gasteiger partial charge in [-0.15, -0.1) is 11.3 Å². The number of hydrogen-bond donors (Lipinski definition) is 3. The Kier molecular flexibility index (Phi) is 5.69. The summed E-state index contributed by atoms with van der Waals surface area (Å²) in [6.07, 6.45) is 0. The van der Waals surface area contributed by atoms with Crippen molar-refractivity contribution in [3.05, 3.63) is 41.5 Å². The molecule has 0 saturated carbocycles. The largest absolute Gasteiger partial charge is 0.478 e. The minimum absolute atomic E-state index is 0.128. The van der Waals surface area contributed by atoms with Crippen LogP contribution in [0.2, 0.25) is 0 Å². The summed E-state index contributed by atoms with van der Waals surface area (Å²) in [5, 5.41) is 12.2. The molecule has 1 aromatic carbocycles. The van der Waals surface area contributed by atoms with Crippen molar-refractivity contribution in [3.8, 4) is 0 Å². The molecule has 0 aliphatic rings. The van der Waals surface area contributed by atoms with Crippen molar-refractivity contribution in [3.63, 3.8) is 0 Å². The van der Waals surface area contributed by atoms with Crippen molar-refractivity contribution in [2.45, 2.75) is 25.0 Å². The molecule has 9 heteroatoms. The van der Waals surface area contributed by atoms with Crippen molar-refractivity contribution in [1.29, 1.82) is 0 Å². The lowest BCUT2D eigenvalue weighted by Gasteiger charge is -2.16. The molecular weight excluding hydrogens is 370 g/mol. The van der Waals surface area contributed by atoms with E-state index in [-0.39, 0.29) is 11.6 Å². The van der Waals surface area contributed by atoms with Crippen LogP contribution in [0.1, 0.15) is 31.1 Å². The molecule has 2 aromatic rings. The second-order valence-electron chi connectivity index (χ2n) is 6.14. The fraction of sp³-hybridized carbons (Fsp3) is 0.250. The number of amides is 1. The Bertz CT molecular complexity index is 816. The molecular formula is C16H16F2N2O3S2. The van der Waals surface area contributed by atoms with Gasteiger partial charge in [-0.25, -0.2) is 13.6 Å². The number of carboxylic acid groups (broad SMARTS) is 1. The molecule has 0 aliphatic heterocycles. The van der Waals surface area contributed by atoms with Gasteiger partial charge in [0.2, 0.25) is 5.91 Å². The minimum atomic E-state index is -1.53. The maximum absolute atomic E-state index is 13.8. The zero-order chi connectivity index (χ0) is 18.8. The fourth-order valence-electron chi connectivity index (χ4n) is 1.64. The second kappa shape index (κ2) is 7.40. The maximum atomic E-state index is 13.8. The number of nitrogens with one attached hydrogen (secondary N) is 2. The van der Waals surface area contributed by atoms with E-state index in [0.717, 1.165) is 18.0 Å². The molecule has 1 aromatic heterocycles.